The molecule has 0 N–H and O–H groups in total. The van der Waals surface area contributed by atoms with Gasteiger partial charge in [0.15, 0.2) is 0 Å². The van der Waals surface area contributed by atoms with Crippen LogP contribution >= 0.6 is 0 Å². The number of hydrogen-bond acceptors (Lipinski definition) is 0. The number of rotatable bonds is 0. The first kappa shape index (κ1) is 4.76. The predicted octanol–water partition coefficient (Wildman–Crippen LogP) is 2.44. The Labute approximate surface area is 56.6 Å². The molecule has 4 atom stereocenters. The van der Waals surface area contributed by atoms with Crippen LogP contribution in [0, 0.1) is 23.2 Å². The Bertz CT molecular complexity index is 157. The first-order chi connectivity index (χ1) is 4.30. The summed E-state index contributed by atoms with van der Waals surface area (Å²) in [4.78, 5) is 0. The molecule has 3 fully saturated rings. The third-order valence-electron chi connectivity index (χ3n) is 4.24. The highest BCUT2D eigenvalue weighted by atomic mass is 14.7. The van der Waals surface area contributed by atoms with Crippen molar-refractivity contribution in [1.29, 1.82) is 0 Å². The van der Waals surface area contributed by atoms with E-state index in [9.17, 15) is 0 Å². The summed E-state index contributed by atoms with van der Waals surface area (Å²) in [6.07, 6.45) is 6.30. The maximum absolute atomic E-state index is 2.51. The Hall–Kier alpha value is 0. The molecule has 1 unspecified atom stereocenters. The summed E-state index contributed by atoms with van der Waals surface area (Å²) >= 11 is 0. The minimum atomic E-state index is 0.855. The normalized spacial score (nSPS) is 68.3. The molecule has 3 aliphatic rings. The van der Waals surface area contributed by atoms with Gasteiger partial charge in [0.05, 0.1) is 0 Å². The summed E-state index contributed by atoms with van der Waals surface area (Å²) in [5.74, 6) is 3.59. The number of hydrogen-bond donors (Lipinski definition) is 0. The molecule has 0 amide bonds. The lowest BCUT2D eigenvalue weighted by atomic mass is 9.45. The van der Waals surface area contributed by atoms with E-state index in [-0.39, 0.29) is 0 Å². The molecule has 3 saturated carbocycles. The Kier molecular flexibility index (Phi) is 0.574. The van der Waals surface area contributed by atoms with Gasteiger partial charge in [0, 0.05) is 0 Å². The average molecular weight is 122 g/mol. The summed E-state index contributed by atoms with van der Waals surface area (Å²) in [6, 6.07) is 0. The van der Waals surface area contributed by atoms with E-state index >= 15 is 0 Å². The second kappa shape index (κ2) is 1.09. The molecular weight excluding hydrogens is 108 g/mol. The molecule has 9 heavy (non-hydrogen) atoms. The van der Waals surface area contributed by atoms with Crippen LogP contribution in [0.2, 0.25) is 0 Å². The third kappa shape index (κ3) is 0.342. The summed E-state index contributed by atoms with van der Waals surface area (Å²) in [6.45, 7) is 2.51. The Balaban J connectivity index is 1.99. The van der Waals surface area contributed by atoms with Crippen molar-refractivity contribution in [1.82, 2.24) is 0 Å². The van der Waals surface area contributed by atoms with E-state index in [1.165, 1.54) is 17.8 Å². The van der Waals surface area contributed by atoms with Gasteiger partial charge in [-0.15, -0.1) is 0 Å². The average Bonchev–Trinajstić information content (AvgIpc) is 2.00. The quantitative estimate of drug-likeness (QED) is 0.463. The molecule has 0 saturated heterocycles. The van der Waals surface area contributed by atoms with Crippen molar-refractivity contribution in [3.8, 4) is 0 Å². The Morgan fingerprint density at radius 1 is 1.33 bits per heavy atom. The monoisotopic (exact) mass is 122 g/mol. The van der Waals surface area contributed by atoms with Gasteiger partial charge in [-0.05, 0) is 48.9 Å². The van der Waals surface area contributed by atoms with Crippen LogP contribution in [0.3, 0.4) is 0 Å². The zero-order valence-electron chi connectivity index (χ0n) is 6.06. The molecular formula is C9H14. The van der Waals surface area contributed by atoms with Gasteiger partial charge in [0.25, 0.3) is 0 Å². The standard InChI is InChI=1S/C9H14/c1-9-3-2-6-4-7(5-9)8(6)9/h6-8H,2-5H2,1H3/t6?,7-,8+,9+/m1/s1. The molecule has 3 aliphatic carbocycles. The molecule has 0 nitrogen and oxygen atoms in total. The van der Waals surface area contributed by atoms with Crippen LogP contribution < -0.4 is 0 Å². The first-order valence-corrected chi connectivity index (χ1v) is 4.30. The third-order valence-corrected chi connectivity index (χ3v) is 4.24. The van der Waals surface area contributed by atoms with E-state index in [1.807, 2.05) is 0 Å². The molecule has 0 bridgehead atoms. The van der Waals surface area contributed by atoms with Crippen molar-refractivity contribution < 1.29 is 0 Å². The van der Waals surface area contributed by atoms with Gasteiger partial charge in [0.1, 0.15) is 0 Å². The van der Waals surface area contributed by atoms with Crippen molar-refractivity contribution in [2.75, 3.05) is 0 Å². The fourth-order valence-electron chi connectivity index (χ4n) is 3.88. The van der Waals surface area contributed by atoms with Crippen molar-refractivity contribution in [3.63, 3.8) is 0 Å². The molecule has 3 rings (SSSR count). The summed E-state index contributed by atoms with van der Waals surface area (Å²) in [7, 11) is 0. The van der Waals surface area contributed by atoms with Crippen LogP contribution in [0.4, 0.5) is 0 Å². The topological polar surface area (TPSA) is 0 Å². The smallest absolute Gasteiger partial charge is 0.0289 e. The second-order valence-corrected chi connectivity index (χ2v) is 4.68. The summed E-state index contributed by atoms with van der Waals surface area (Å²) in [5.41, 5.74) is 0.855. The molecule has 0 heterocycles. The van der Waals surface area contributed by atoms with Crippen LogP contribution in [-0.4, -0.2) is 0 Å². The van der Waals surface area contributed by atoms with Crippen LogP contribution in [0.5, 0.6) is 0 Å². The van der Waals surface area contributed by atoms with E-state index in [2.05, 4.69) is 6.92 Å². The maximum atomic E-state index is 2.51. The van der Waals surface area contributed by atoms with Gasteiger partial charge in [-0.2, -0.15) is 0 Å². The molecule has 0 aromatic rings. The zero-order valence-corrected chi connectivity index (χ0v) is 6.06. The van der Waals surface area contributed by atoms with Crippen molar-refractivity contribution >= 4 is 0 Å². The molecule has 0 aromatic heterocycles. The largest absolute Gasteiger partial charge is 0.0593 e. The van der Waals surface area contributed by atoms with E-state index in [1.54, 1.807) is 25.7 Å². The molecule has 0 spiro atoms. The molecule has 0 aliphatic heterocycles. The lowest BCUT2D eigenvalue weighted by molar-refractivity contribution is -0.106. The highest BCUT2D eigenvalue weighted by molar-refractivity contribution is 5.13. The van der Waals surface area contributed by atoms with E-state index < -0.39 is 0 Å². The predicted molar refractivity (Wildman–Crippen MR) is 37.0 cm³/mol. The molecule has 50 valence electrons. The molecule has 0 heteroatoms. The van der Waals surface area contributed by atoms with Gasteiger partial charge in [-0.1, -0.05) is 6.92 Å². The van der Waals surface area contributed by atoms with Crippen LogP contribution in [0.25, 0.3) is 0 Å². The van der Waals surface area contributed by atoms with Crippen molar-refractivity contribution in [2.24, 2.45) is 23.2 Å². The Morgan fingerprint density at radius 3 is 2.78 bits per heavy atom. The van der Waals surface area contributed by atoms with Gasteiger partial charge >= 0.3 is 0 Å². The van der Waals surface area contributed by atoms with Crippen molar-refractivity contribution in [2.45, 2.75) is 32.6 Å². The second-order valence-electron chi connectivity index (χ2n) is 4.68. The van der Waals surface area contributed by atoms with Gasteiger partial charge in [0.2, 0.25) is 0 Å². The van der Waals surface area contributed by atoms with Gasteiger partial charge in [-0.25, -0.2) is 0 Å². The minimum absolute atomic E-state index is 0.855. The van der Waals surface area contributed by atoms with Gasteiger partial charge < -0.3 is 0 Å². The highest BCUT2D eigenvalue weighted by Crippen LogP contribution is 2.72. The lowest BCUT2D eigenvalue weighted by Crippen LogP contribution is -2.52. The van der Waals surface area contributed by atoms with E-state index in [4.69, 9.17) is 0 Å². The van der Waals surface area contributed by atoms with E-state index in [0.29, 0.717) is 0 Å². The van der Waals surface area contributed by atoms with E-state index in [0.717, 1.165) is 5.41 Å². The fourth-order valence-corrected chi connectivity index (χ4v) is 3.88. The SMILES string of the molecule is C[C@]12CCC3C[C@H](C1)[C@H]32. The van der Waals surface area contributed by atoms with Gasteiger partial charge in [-0.3, -0.25) is 0 Å². The zero-order chi connectivity index (χ0) is 6.06. The van der Waals surface area contributed by atoms with Crippen LogP contribution in [0.15, 0.2) is 0 Å². The summed E-state index contributed by atoms with van der Waals surface area (Å²) < 4.78 is 0. The van der Waals surface area contributed by atoms with Crippen LogP contribution in [-0.2, 0) is 0 Å². The lowest BCUT2D eigenvalue weighted by Gasteiger charge is -2.59. The first-order valence-electron chi connectivity index (χ1n) is 4.30. The summed E-state index contributed by atoms with van der Waals surface area (Å²) in [5, 5.41) is 0. The fraction of sp³-hybridized carbons (Fsp3) is 1.00. The van der Waals surface area contributed by atoms with Crippen LogP contribution in [0.1, 0.15) is 32.6 Å². The minimum Gasteiger partial charge on any atom is -0.0593 e. The maximum Gasteiger partial charge on any atom is -0.0289 e. The van der Waals surface area contributed by atoms with Crippen molar-refractivity contribution in [3.05, 3.63) is 0 Å². The Morgan fingerprint density at radius 2 is 2.22 bits per heavy atom. The highest BCUT2D eigenvalue weighted by Gasteiger charge is 2.63. The molecule has 0 radical (unpaired) electrons. The molecule has 0 aromatic carbocycles.